The van der Waals surface area contributed by atoms with Crippen molar-refractivity contribution in [3.8, 4) is 0 Å². The fourth-order valence-corrected chi connectivity index (χ4v) is 1.18. The second-order valence-corrected chi connectivity index (χ2v) is 4.62. The van der Waals surface area contributed by atoms with Gasteiger partial charge in [-0.2, -0.15) is 0 Å². The fourth-order valence-electron chi connectivity index (χ4n) is 1.06. The van der Waals surface area contributed by atoms with Crippen molar-refractivity contribution in [1.29, 1.82) is 0 Å². The summed E-state index contributed by atoms with van der Waals surface area (Å²) in [5.41, 5.74) is 0.0744. The Morgan fingerprint density at radius 1 is 1.29 bits per heavy atom. The van der Waals surface area contributed by atoms with Crippen LogP contribution in [-0.2, 0) is 4.79 Å². The fraction of sp³-hybridized carbons (Fsp3) is 0.333. The van der Waals surface area contributed by atoms with Crippen molar-refractivity contribution in [2.75, 3.05) is 11.2 Å². The van der Waals surface area contributed by atoms with E-state index < -0.39 is 11.4 Å². The van der Waals surface area contributed by atoms with Crippen molar-refractivity contribution < 1.29 is 14.7 Å². The van der Waals surface area contributed by atoms with E-state index in [1.54, 1.807) is 26.0 Å². The lowest BCUT2D eigenvalue weighted by molar-refractivity contribution is -0.122. The number of rotatable bonds is 4. The van der Waals surface area contributed by atoms with Gasteiger partial charge in [0.15, 0.2) is 0 Å². The number of alkyl halides is 1. The van der Waals surface area contributed by atoms with Crippen molar-refractivity contribution >= 4 is 29.2 Å². The van der Waals surface area contributed by atoms with Crippen LogP contribution in [0.5, 0.6) is 0 Å². The molecule has 0 saturated carbocycles. The molecule has 1 amide bonds. The summed E-state index contributed by atoms with van der Waals surface area (Å²) in [5, 5.41) is 11.4. The third-order valence-corrected chi connectivity index (χ3v) is 3.01. The molecule has 1 aromatic carbocycles. The van der Waals surface area contributed by atoms with Crippen LogP contribution in [0.3, 0.4) is 0 Å². The Morgan fingerprint density at radius 3 is 2.24 bits per heavy atom. The van der Waals surface area contributed by atoms with Crippen LogP contribution in [-0.4, -0.2) is 22.9 Å². The van der Waals surface area contributed by atoms with E-state index in [9.17, 15) is 9.59 Å². The average Bonchev–Trinajstić information content (AvgIpc) is 2.29. The van der Waals surface area contributed by atoms with Gasteiger partial charge in [0.25, 0.3) is 0 Å². The third-order valence-electron chi connectivity index (χ3n) is 2.34. The zero-order valence-corrected chi connectivity index (χ0v) is 10.4. The van der Waals surface area contributed by atoms with Gasteiger partial charge in [0.1, 0.15) is 0 Å². The highest BCUT2D eigenvalue weighted by Gasteiger charge is 2.26. The van der Waals surface area contributed by atoms with E-state index >= 15 is 0 Å². The SMILES string of the molecule is CC(C)(CCl)C(=O)Nc1ccc(C(=O)O)cc1. The van der Waals surface area contributed by atoms with Gasteiger partial charge in [0.05, 0.1) is 11.0 Å². The van der Waals surface area contributed by atoms with Gasteiger partial charge in [-0.25, -0.2) is 4.79 Å². The summed E-state index contributed by atoms with van der Waals surface area (Å²) in [6, 6.07) is 5.97. The molecule has 5 heteroatoms. The summed E-state index contributed by atoms with van der Waals surface area (Å²) in [4.78, 5) is 22.4. The molecule has 0 aromatic heterocycles. The number of carbonyl (C=O) groups excluding carboxylic acids is 1. The van der Waals surface area contributed by atoms with E-state index in [0.717, 1.165) is 0 Å². The summed E-state index contributed by atoms with van der Waals surface area (Å²) in [7, 11) is 0. The smallest absolute Gasteiger partial charge is 0.335 e. The molecule has 1 rings (SSSR count). The van der Waals surface area contributed by atoms with Gasteiger partial charge in [-0.15, -0.1) is 11.6 Å². The monoisotopic (exact) mass is 255 g/mol. The van der Waals surface area contributed by atoms with E-state index in [4.69, 9.17) is 16.7 Å². The topological polar surface area (TPSA) is 66.4 Å². The van der Waals surface area contributed by atoms with E-state index in [-0.39, 0.29) is 17.4 Å². The molecule has 17 heavy (non-hydrogen) atoms. The number of hydrogen-bond acceptors (Lipinski definition) is 2. The lowest BCUT2D eigenvalue weighted by atomic mass is 9.95. The number of aromatic carboxylic acids is 1. The molecule has 0 spiro atoms. The van der Waals surface area contributed by atoms with Gasteiger partial charge in [0, 0.05) is 11.6 Å². The molecule has 0 fully saturated rings. The average molecular weight is 256 g/mol. The van der Waals surface area contributed by atoms with Crippen LogP contribution in [0, 0.1) is 5.41 Å². The van der Waals surface area contributed by atoms with Crippen LogP contribution in [0.15, 0.2) is 24.3 Å². The normalized spacial score (nSPS) is 11.0. The van der Waals surface area contributed by atoms with Crippen LogP contribution in [0.2, 0.25) is 0 Å². The predicted molar refractivity (Wildman–Crippen MR) is 66.5 cm³/mol. The highest BCUT2D eigenvalue weighted by atomic mass is 35.5. The number of carboxylic acid groups (broad SMARTS) is 1. The maximum absolute atomic E-state index is 11.8. The number of anilines is 1. The van der Waals surface area contributed by atoms with Crippen molar-refractivity contribution in [3.05, 3.63) is 29.8 Å². The Labute approximate surface area is 105 Å². The summed E-state index contributed by atoms with van der Waals surface area (Å²) >= 11 is 5.68. The summed E-state index contributed by atoms with van der Waals surface area (Å²) in [5.74, 6) is -0.981. The minimum Gasteiger partial charge on any atom is -0.478 e. The second kappa shape index (κ2) is 5.19. The van der Waals surface area contributed by atoms with Crippen molar-refractivity contribution in [2.45, 2.75) is 13.8 Å². The Kier molecular flexibility index (Phi) is 4.12. The van der Waals surface area contributed by atoms with Gasteiger partial charge in [-0.3, -0.25) is 4.79 Å². The molecule has 0 radical (unpaired) electrons. The maximum atomic E-state index is 11.8. The summed E-state index contributed by atoms with van der Waals surface area (Å²) in [6.07, 6.45) is 0. The molecular weight excluding hydrogens is 242 g/mol. The van der Waals surface area contributed by atoms with Gasteiger partial charge in [-0.1, -0.05) is 0 Å². The first kappa shape index (κ1) is 13.5. The van der Waals surface area contributed by atoms with Gasteiger partial charge in [-0.05, 0) is 38.1 Å². The molecule has 2 N–H and O–H groups in total. The molecule has 1 aromatic rings. The Bertz CT molecular complexity index is 426. The van der Waals surface area contributed by atoms with Gasteiger partial charge < -0.3 is 10.4 Å². The Morgan fingerprint density at radius 2 is 1.82 bits per heavy atom. The highest BCUT2D eigenvalue weighted by Crippen LogP contribution is 2.20. The quantitative estimate of drug-likeness (QED) is 0.813. The number of carbonyl (C=O) groups is 2. The number of hydrogen-bond donors (Lipinski definition) is 2. The standard InChI is InChI=1S/C12H14ClNO3/c1-12(2,7-13)11(17)14-9-5-3-8(4-6-9)10(15)16/h3-6H,7H2,1-2H3,(H,14,17)(H,15,16). The van der Waals surface area contributed by atoms with Crippen LogP contribution in [0.25, 0.3) is 0 Å². The molecule has 0 atom stereocenters. The predicted octanol–water partition coefficient (Wildman–Crippen LogP) is 2.59. The van der Waals surface area contributed by atoms with Gasteiger partial charge >= 0.3 is 5.97 Å². The molecule has 4 nitrogen and oxygen atoms in total. The first-order valence-corrected chi connectivity index (χ1v) is 5.61. The molecule has 0 heterocycles. The minimum atomic E-state index is -0.996. The van der Waals surface area contributed by atoms with Crippen LogP contribution >= 0.6 is 11.6 Å². The molecule has 0 aliphatic heterocycles. The van der Waals surface area contributed by atoms with Crippen LogP contribution < -0.4 is 5.32 Å². The number of amides is 1. The number of carboxylic acids is 1. The first-order chi connectivity index (χ1) is 7.86. The molecule has 0 saturated heterocycles. The molecular formula is C12H14ClNO3. The number of nitrogens with one attached hydrogen (secondary N) is 1. The largest absolute Gasteiger partial charge is 0.478 e. The van der Waals surface area contributed by atoms with E-state index in [0.29, 0.717) is 5.69 Å². The second-order valence-electron chi connectivity index (χ2n) is 4.35. The zero-order chi connectivity index (χ0) is 13.1. The summed E-state index contributed by atoms with van der Waals surface area (Å²) in [6.45, 7) is 3.47. The van der Waals surface area contributed by atoms with Gasteiger partial charge in [0.2, 0.25) is 5.91 Å². The molecule has 0 bridgehead atoms. The molecule has 0 unspecified atom stereocenters. The van der Waals surface area contributed by atoms with Crippen molar-refractivity contribution in [3.63, 3.8) is 0 Å². The van der Waals surface area contributed by atoms with E-state index in [2.05, 4.69) is 5.32 Å². The lowest BCUT2D eigenvalue weighted by Crippen LogP contribution is -2.32. The molecule has 0 aliphatic rings. The van der Waals surface area contributed by atoms with Crippen molar-refractivity contribution in [2.24, 2.45) is 5.41 Å². The van der Waals surface area contributed by atoms with E-state index in [1.165, 1.54) is 12.1 Å². The van der Waals surface area contributed by atoms with E-state index in [1.807, 2.05) is 0 Å². The zero-order valence-electron chi connectivity index (χ0n) is 9.66. The Balaban J connectivity index is 2.76. The number of benzene rings is 1. The third kappa shape index (κ3) is 3.46. The summed E-state index contributed by atoms with van der Waals surface area (Å²) < 4.78 is 0. The highest BCUT2D eigenvalue weighted by molar-refractivity contribution is 6.20. The Hall–Kier alpha value is -1.55. The molecule has 92 valence electrons. The minimum absolute atomic E-state index is 0.180. The van der Waals surface area contributed by atoms with Crippen molar-refractivity contribution in [1.82, 2.24) is 0 Å². The first-order valence-electron chi connectivity index (χ1n) is 5.07. The maximum Gasteiger partial charge on any atom is 0.335 e. The molecule has 0 aliphatic carbocycles. The van der Waals surface area contributed by atoms with Crippen LogP contribution in [0.1, 0.15) is 24.2 Å². The number of halogens is 1. The lowest BCUT2D eigenvalue weighted by Gasteiger charge is -2.20. The van der Waals surface area contributed by atoms with Crippen LogP contribution in [0.4, 0.5) is 5.69 Å².